The van der Waals surface area contributed by atoms with Crippen LogP contribution in [0.4, 0.5) is 17.1 Å². The van der Waals surface area contributed by atoms with Gasteiger partial charge in [0.15, 0.2) is 0 Å². The van der Waals surface area contributed by atoms with E-state index in [9.17, 15) is 21.6 Å². The highest BCUT2D eigenvalue weighted by molar-refractivity contribution is 9.10. The van der Waals surface area contributed by atoms with E-state index < -0.39 is 32.5 Å². The lowest BCUT2D eigenvalue weighted by molar-refractivity contribution is -0.114. The summed E-state index contributed by atoms with van der Waals surface area (Å²) in [6.45, 7) is 1.36. The Kier molecular flexibility index (Phi) is 8.20. The second-order valence-electron chi connectivity index (χ2n) is 8.35. The van der Waals surface area contributed by atoms with Crippen LogP contribution in [0.5, 0.6) is 0 Å². The topological polar surface area (TPSA) is 113 Å². The molecule has 0 saturated carbocycles. The average molecular weight is 615 g/mol. The van der Waals surface area contributed by atoms with E-state index in [4.69, 9.17) is 0 Å². The molecule has 196 valence electrons. The third-order valence-corrected chi connectivity index (χ3v) is 9.20. The monoisotopic (exact) mass is 613 g/mol. The summed E-state index contributed by atoms with van der Waals surface area (Å²) >= 11 is 3.34. The van der Waals surface area contributed by atoms with Crippen molar-refractivity contribution in [1.82, 2.24) is 0 Å². The van der Waals surface area contributed by atoms with Crippen LogP contribution in [-0.2, 0) is 24.8 Å². The van der Waals surface area contributed by atoms with Gasteiger partial charge in [-0.15, -0.1) is 0 Å². The smallest absolute Gasteiger partial charge is 0.264 e. The standard InChI is InChI=1S/C27H24BrN3O5S2/c1-20-7-15-26(16-8-20)38(35,36)31(24-13-9-21(28)10-14-24)19-27(32)29-22-11-17-25(18-12-22)37(33,34)30-23-5-3-2-4-6-23/h2-18,30H,19H2,1H3,(H,29,32). The number of carbonyl (C=O) groups excluding carboxylic acids is 1. The first kappa shape index (κ1) is 27.4. The fourth-order valence-corrected chi connectivity index (χ4v) is 6.27. The van der Waals surface area contributed by atoms with Gasteiger partial charge in [-0.2, -0.15) is 0 Å². The van der Waals surface area contributed by atoms with Crippen molar-refractivity contribution in [2.75, 3.05) is 20.9 Å². The van der Waals surface area contributed by atoms with Gasteiger partial charge < -0.3 is 5.32 Å². The number of para-hydroxylation sites is 1. The molecule has 0 heterocycles. The molecule has 0 saturated heterocycles. The van der Waals surface area contributed by atoms with E-state index in [0.29, 0.717) is 17.1 Å². The zero-order chi connectivity index (χ0) is 27.3. The quantitative estimate of drug-likeness (QED) is 0.263. The fourth-order valence-electron chi connectivity index (χ4n) is 3.53. The van der Waals surface area contributed by atoms with E-state index in [1.54, 1.807) is 66.7 Å². The third-order valence-electron chi connectivity index (χ3n) is 5.49. The molecule has 8 nitrogen and oxygen atoms in total. The first-order valence-electron chi connectivity index (χ1n) is 11.4. The van der Waals surface area contributed by atoms with Crippen molar-refractivity contribution < 1.29 is 21.6 Å². The zero-order valence-electron chi connectivity index (χ0n) is 20.2. The summed E-state index contributed by atoms with van der Waals surface area (Å²) < 4.78 is 56.5. The summed E-state index contributed by atoms with van der Waals surface area (Å²) in [6.07, 6.45) is 0. The Morgan fingerprint density at radius 3 is 1.92 bits per heavy atom. The molecule has 0 aliphatic heterocycles. The minimum atomic E-state index is -4.06. The fraction of sp³-hybridized carbons (Fsp3) is 0.0741. The molecule has 0 aliphatic carbocycles. The molecule has 0 spiro atoms. The molecule has 0 fully saturated rings. The van der Waals surface area contributed by atoms with Gasteiger partial charge in [0.1, 0.15) is 6.54 Å². The number of nitrogens with one attached hydrogen (secondary N) is 2. The van der Waals surface area contributed by atoms with E-state index in [0.717, 1.165) is 14.3 Å². The van der Waals surface area contributed by atoms with Gasteiger partial charge in [-0.05, 0) is 79.7 Å². The summed E-state index contributed by atoms with van der Waals surface area (Å²) in [7, 11) is -7.88. The summed E-state index contributed by atoms with van der Waals surface area (Å²) in [5, 5.41) is 2.65. The van der Waals surface area contributed by atoms with Crippen LogP contribution >= 0.6 is 15.9 Å². The van der Waals surface area contributed by atoms with Gasteiger partial charge in [-0.1, -0.05) is 51.8 Å². The molecular formula is C27H24BrN3O5S2. The molecule has 0 bridgehead atoms. The number of rotatable bonds is 9. The molecule has 1 amide bonds. The molecule has 4 rings (SSSR count). The summed E-state index contributed by atoms with van der Waals surface area (Å²) in [6, 6.07) is 27.0. The first-order chi connectivity index (χ1) is 18.0. The molecule has 4 aromatic carbocycles. The van der Waals surface area contributed by atoms with Crippen molar-refractivity contribution in [1.29, 1.82) is 0 Å². The number of amides is 1. The highest BCUT2D eigenvalue weighted by Crippen LogP contribution is 2.26. The van der Waals surface area contributed by atoms with Crippen LogP contribution < -0.4 is 14.3 Å². The maximum atomic E-state index is 13.5. The average Bonchev–Trinajstić information content (AvgIpc) is 2.89. The Hall–Kier alpha value is -3.67. The number of aryl methyl sites for hydroxylation is 1. The minimum Gasteiger partial charge on any atom is -0.325 e. The van der Waals surface area contributed by atoms with Gasteiger partial charge in [0, 0.05) is 15.8 Å². The number of hydrogen-bond donors (Lipinski definition) is 2. The van der Waals surface area contributed by atoms with Crippen molar-refractivity contribution in [3.63, 3.8) is 0 Å². The number of benzene rings is 4. The molecule has 11 heteroatoms. The van der Waals surface area contributed by atoms with Gasteiger partial charge >= 0.3 is 0 Å². The number of halogens is 1. The SMILES string of the molecule is Cc1ccc(S(=O)(=O)N(CC(=O)Nc2ccc(S(=O)(=O)Nc3ccccc3)cc2)c2ccc(Br)cc2)cc1. The lowest BCUT2D eigenvalue weighted by Crippen LogP contribution is -2.38. The van der Waals surface area contributed by atoms with E-state index >= 15 is 0 Å². The number of nitrogens with zero attached hydrogens (tertiary/aromatic N) is 1. The van der Waals surface area contributed by atoms with Gasteiger partial charge in [0.2, 0.25) is 5.91 Å². The van der Waals surface area contributed by atoms with Crippen LogP contribution in [0.3, 0.4) is 0 Å². The zero-order valence-corrected chi connectivity index (χ0v) is 23.4. The Labute approximate surface area is 230 Å². The van der Waals surface area contributed by atoms with Crippen LogP contribution in [0.1, 0.15) is 5.56 Å². The second-order valence-corrected chi connectivity index (χ2v) is 12.8. The van der Waals surface area contributed by atoms with Gasteiger partial charge in [0.05, 0.1) is 15.5 Å². The lowest BCUT2D eigenvalue weighted by atomic mass is 10.2. The van der Waals surface area contributed by atoms with E-state index in [1.807, 2.05) is 6.92 Å². The van der Waals surface area contributed by atoms with E-state index in [2.05, 4.69) is 26.0 Å². The summed E-state index contributed by atoms with van der Waals surface area (Å²) in [5.74, 6) is -0.596. The maximum absolute atomic E-state index is 13.5. The molecule has 0 unspecified atom stereocenters. The molecular weight excluding hydrogens is 590 g/mol. The number of hydrogen-bond acceptors (Lipinski definition) is 5. The van der Waals surface area contributed by atoms with Gasteiger partial charge in [-0.25, -0.2) is 16.8 Å². The Balaban J connectivity index is 1.53. The molecule has 0 aromatic heterocycles. The molecule has 4 aromatic rings. The first-order valence-corrected chi connectivity index (χ1v) is 15.1. The lowest BCUT2D eigenvalue weighted by Gasteiger charge is -2.24. The molecule has 0 aliphatic rings. The second kappa shape index (κ2) is 11.4. The van der Waals surface area contributed by atoms with E-state index in [-0.39, 0.29) is 9.79 Å². The highest BCUT2D eigenvalue weighted by atomic mass is 79.9. The van der Waals surface area contributed by atoms with Crippen molar-refractivity contribution in [2.24, 2.45) is 0 Å². The van der Waals surface area contributed by atoms with Crippen molar-refractivity contribution in [3.05, 3.63) is 113 Å². The third kappa shape index (κ3) is 6.60. The van der Waals surface area contributed by atoms with Crippen molar-refractivity contribution in [2.45, 2.75) is 16.7 Å². The van der Waals surface area contributed by atoms with Gasteiger partial charge in [0.25, 0.3) is 20.0 Å². The largest absolute Gasteiger partial charge is 0.325 e. The minimum absolute atomic E-state index is 0.0118. The van der Waals surface area contributed by atoms with E-state index in [1.165, 1.54) is 36.4 Å². The maximum Gasteiger partial charge on any atom is 0.264 e. The predicted molar refractivity (Wildman–Crippen MR) is 152 cm³/mol. The van der Waals surface area contributed by atoms with Gasteiger partial charge in [-0.3, -0.25) is 13.8 Å². The van der Waals surface area contributed by atoms with Crippen molar-refractivity contribution >= 4 is 58.9 Å². The van der Waals surface area contributed by atoms with Crippen LogP contribution in [0, 0.1) is 6.92 Å². The Morgan fingerprint density at radius 2 is 1.32 bits per heavy atom. The van der Waals surface area contributed by atoms with Crippen LogP contribution in [-0.4, -0.2) is 29.3 Å². The molecule has 0 atom stereocenters. The Bertz CT molecular complexity index is 1630. The Morgan fingerprint density at radius 1 is 0.737 bits per heavy atom. The molecule has 2 N–H and O–H groups in total. The van der Waals surface area contributed by atoms with Crippen LogP contribution in [0.15, 0.2) is 117 Å². The number of anilines is 3. The van der Waals surface area contributed by atoms with Crippen LogP contribution in [0.2, 0.25) is 0 Å². The normalized spacial score (nSPS) is 11.5. The summed E-state index contributed by atoms with van der Waals surface area (Å²) in [4.78, 5) is 13.0. The van der Waals surface area contributed by atoms with Crippen LogP contribution in [0.25, 0.3) is 0 Å². The van der Waals surface area contributed by atoms with Crippen molar-refractivity contribution in [3.8, 4) is 0 Å². The molecule has 38 heavy (non-hydrogen) atoms. The number of carbonyl (C=O) groups is 1. The molecule has 0 radical (unpaired) electrons. The highest BCUT2D eigenvalue weighted by Gasteiger charge is 2.27. The predicted octanol–water partition coefficient (Wildman–Crippen LogP) is 5.39. The number of sulfonamides is 2. The summed E-state index contributed by atoms with van der Waals surface area (Å²) in [5.41, 5.74) is 1.96.